The number of nitriles is 1. The van der Waals surface area contributed by atoms with Gasteiger partial charge in [0, 0.05) is 16.8 Å². The third-order valence-corrected chi connectivity index (χ3v) is 6.91. The number of nitrogens with zero attached hydrogens (tertiary/aromatic N) is 1. The van der Waals surface area contributed by atoms with E-state index in [-0.39, 0.29) is 17.3 Å². The van der Waals surface area contributed by atoms with Crippen LogP contribution in [0.3, 0.4) is 0 Å². The number of halogens is 1. The predicted molar refractivity (Wildman–Crippen MR) is 137 cm³/mol. The Morgan fingerprint density at radius 1 is 0.971 bits per heavy atom. The summed E-state index contributed by atoms with van der Waals surface area (Å²) < 4.78 is 13.5. The zero-order valence-electron chi connectivity index (χ0n) is 19.3. The summed E-state index contributed by atoms with van der Waals surface area (Å²) in [5.41, 5.74) is 4.75. The normalized spacial score (nSPS) is 15.4. The van der Waals surface area contributed by atoms with E-state index in [2.05, 4.69) is 11.4 Å². The second-order valence-electron chi connectivity index (χ2n) is 8.21. The van der Waals surface area contributed by atoms with Gasteiger partial charge in [0.15, 0.2) is 11.6 Å². The highest BCUT2D eigenvalue weighted by Crippen LogP contribution is 2.41. The number of hydrogen-bond donors (Lipinski definition) is 1. The van der Waals surface area contributed by atoms with Crippen LogP contribution in [-0.4, -0.2) is 17.3 Å². The first-order valence-corrected chi connectivity index (χ1v) is 12.1. The van der Waals surface area contributed by atoms with E-state index in [0.29, 0.717) is 33.0 Å². The maximum atomic E-state index is 13.5. The van der Waals surface area contributed by atoms with Crippen LogP contribution in [0.2, 0.25) is 0 Å². The van der Waals surface area contributed by atoms with Gasteiger partial charge in [-0.3, -0.25) is 9.59 Å². The van der Waals surface area contributed by atoms with Crippen molar-refractivity contribution in [1.29, 1.82) is 5.26 Å². The Kier molecular flexibility index (Phi) is 7.28. The standard InChI is InChI=1S/C29H23FN2O2S/c1-18-27(19(2)33)28(23-12-14-24(30)15-13-23)25(16-31)29(32-18)35-17-26(34)22-10-8-21(9-11-22)20-6-4-3-5-7-20/h3-15,28,32H,17H2,1-2H3/t28-/m0/s1. The number of carbonyl (C=O) groups is 2. The lowest BCUT2D eigenvalue weighted by atomic mass is 9.81. The summed E-state index contributed by atoms with van der Waals surface area (Å²) in [6, 6.07) is 25.4. The first-order chi connectivity index (χ1) is 16.9. The third-order valence-electron chi connectivity index (χ3n) is 5.89. The predicted octanol–water partition coefficient (Wildman–Crippen LogP) is 6.39. The van der Waals surface area contributed by atoms with Crippen molar-refractivity contribution in [2.24, 2.45) is 0 Å². The molecule has 174 valence electrons. The van der Waals surface area contributed by atoms with E-state index >= 15 is 0 Å². The number of hydrogen-bond acceptors (Lipinski definition) is 5. The van der Waals surface area contributed by atoms with Gasteiger partial charge in [0.1, 0.15) is 5.82 Å². The van der Waals surface area contributed by atoms with Crippen LogP contribution in [0.4, 0.5) is 4.39 Å². The molecule has 0 unspecified atom stereocenters. The Balaban J connectivity index is 1.57. The van der Waals surface area contributed by atoms with Gasteiger partial charge in [0.2, 0.25) is 0 Å². The van der Waals surface area contributed by atoms with Crippen molar-refractivity contribution in [2.75, 3.05) is 5.75 Å². The zero-order valence-corrected chi connectivity index (χ0v) is 20.2. The van der Waals surface area contributed by atoms with E-state index in [1.165, 1.54) is 30.8 Å². The molecule has 0 aliphatic carbocycles. The van der Waals surface area contributed by atoms with E-state index < -0.39 is 11.7 Å². The minimum Gasteiger partial charge on any atom is -0.353 e. The van der Waals surface area contributed by atoms with E-state index in [0.717, 1.165) is 11.1 Å². The van der Waals surface area contributed by atoms with E-state index in [1.807, 2.05) is 42.5 Å². The Morgan fingerprint density at radius 3 is 2.20 bits per heavy atom. The van der Waals surface area contributed by atoms with Gasteiger partial charge in [-0.1, -0.05) is 78.5 Å². The summed E-state index contributed by atoms with van der Waals surface area (Å²) in [5, 5.41) is 13.7. The topological polar surface area (TPSA) is 70.0 Å². The fourth-order valence-electron chi connectivity index (χ4n) is 4.18. The number of nitrogens with one attached hydrogen (secondary N) is 1. The van der Waals surface area contributed by atoms with Crippen molar-refractivity contribution in [1.82, 2.24) is 5.32 Å². The molecule has 1 aliphatic rings. The van der Waals surface area contributed by atoms with Gasteiger partial charge in [-0.15, -0.1) is 0 Å². The molecule has 0 saturated heterocycles. The Labute approximate surface area is 208 Å². The Hall–Kier alpha value is -3.95. The molecule has 3 aromatic carbocycles. The van der Waals surface area contributed by atoms with E-state index in [4.69, 9.17) is 0 Å². The molecule has 0 spiro atoms. The summed E-state index contributed by atoms with van der Waals surface area (Å²) in [4.78, 5) is 25.4. The number of thioether (sulfide) groups is 1. The van der Waals surface area contributed by atoms with Crippen LogP contribution < -0.4 is 5.32 Å². The molecule has 0 amide bonds. The maximum absolute atomic E-state index is 13.5. The smallest absolute Gasteiger partial charge is 0.173 e. The van der Waals surface area contributed by atoms with Gasteiger partial charge in [-0.25, -0.2) is 4.39 Å². The molecule has 35 heavy (non-hydrogen) atoms. The number of benzene rings is 3. The van der Waals surface area contributed by atoms with Gasteiger partial charge in [-0.05, 0) is 42.7 Å². The molecule has 0 radical (unpaired) electrons. The van der Waals surface area contributed by atoms with Crippen LogP contribution in [0.25, 0.3) is 11.1 Å². The quantitative estimate of drug-likeness (QED) is 0.395. The van der Waals surface area contributed by atoms with Crippen LogP contribution in [0.15, 0.2) is 101 Å². The molecule has 1 aliphatic heterocycles. The van der Waals surface area contributed by atoms with Gasteiger partial charge < -0.3 is 5.32 Å². The molecular weight excluding hydrogens is 459 g/mol. The highest BCUT2D eigenvalue weighted by atomic mass is 32.2. The molecule has 3 aromatic rings. The third kappa shape index (κ3) is 5.26. The summed E-state index contributed by atoms with van der Waals surface area (Å²) in [7, 11) is 0. The van der Waals surface area contributed by atoms with Crippen molar-refractivity contribution < 1.29 is 14.0 Å². The lowest BCUT2D eigenvalue weighted by Crippen LogP contribution is -2.27. The fourth-order valence-corrected chi connectivity index (χ4v) is 5.17. The summed E-state index contributed by atoms with van der Waals surface area (Å²) >= 11 is 1.23. The number of allylic oxidation sites excluding steroid dienone is 3. The number of ketones is 2. The summed E-state index contributed by atoms with van der Waals surface area (Å²) in [6.45, 7) is 3.22. The summed E-state index contributed by atoms with van der Waals surface area (Å²) in [5.74, 6) is -1.14. The molecule has 4 rings (SSSR count). The minimum atomic E-state index is -0.623. The first kappa shape index (κ1) is 24.2. The van der Waals surface area contributed by atoms with Gasteiger partial charge in [0.25, 0.3) is 0 Å². The number of dihydropyridines is 1. The SMILES string of the molecule is CC(=O)C1=C(C)NC(SCC(=O)c2ccc(-c3ccccc3)cc2)=C(C#N)[C@@H]1c1ccc(F)cc1. The lowest BCUT2D eigenvalue weighted by Gasteiger charge is -2.29. The molecule has 1 heterocycles. The Bertz CT molecular complexity index is 1370. The van der Waals surface area contributed by atoms with Crippen LogP contribution in [0.1, 0.15) is 35.7 Å². The van der Waals surface area contributed by atoms with E-state index in [1.54, 1.807) is 31.2 Å². The summed E-state index contributed by atoms with van der Waals surface area (Å²) in [6.07, 6.45) is 0. The molecule has 4 nitrogen and oxygen atoms in total. The highest BCUT2D eigenvalue weighted by Gasteiger charge is 2.33. The van der Waals surface area contributed by atoms with Crippen molar-refractivity contribution >= 4 is 23.3 Å². The number of carbonyl (C=O) groups excluding carboxylic acids is 2. The second kappa shape index (κ2) is 10.5. The van der Waals surface area contributed by atoms with Crippen LogP contribution >= 0.6 is 11.8 Å². The zero-order chi connectivity index (χ0) is 24.9. The van der Waals surface area contributed by atoms with Crippen molar-refractivity contribution in [3.05, 3.63) is 118 Å². The molecule has 1 N–H and O–H groups in total. The Morgan fingerprint density at radius 2 is 1.60 bits per heavy atom. The molecule has 0 aromatic heterocycles. The van der Waals surface area contributed by atoms with Gasteiger partial charge in [-0.2, -0.15) is 5.26 Å². The monoisotopic (exact) mass is 482 g/mol. The average Bonchev–Trinajstić information content (AvgIpc) is 2.87. The van der Waals surface area contributed by atoms with Crippen LogP contribution in [0.5, 0.6) is 0 Å². The van der Waals surface area contributed by atoms with Gasteiger partial charge in [0.05, 0.1) is 28.3 Å². The second-order valence-corrected chi connectivity index (χ2v) is 9.20. The maximum Gasteiger partial charge on any atom is 0.173 e. The lowest BCUT2D eigenvalue weighted by molar-refractivity contribution is -0.113. The molecule has 1 atom stereocenters. The number of rotatable bonds is 7. The minimum absolute atomic E-state index is 0.0708. The van der Waals surface area contributed by atoms with Gasteiger partial charge >= 0.3 is 0 Å². The molecule has 0 saturated carbocycles. The average molecular weight is 483 g/mol. The molecular formula is C29H23FN2O2S. The van der Waals surface area contributed by atoms with E-state index in [9.17, 15) is 19.2 Å². The molecule has 0 bridgehead atoms. The molecule has 0 fully saturated rings. The first-order valence-electron chi connectivity index (χ1n) is 11.1. The van der Waals surface area contributed by atoms with Crippen molar-refractivity contribution in [3.8, 4) is 17.2 Å². The van der Waals surface area contributed by atoms with Crippen LogP contribution in [-0.2, 0) is 4.79 Å². The van der Waals surface area contributed by atoms with Crippen molar-refractivity contribution in [2.45, 2.75) is 19.8 Å². The molecule has 6 heteroatoms. The fraction of sp³-hybridized carbons (Fsp3) is 0.138. The highest BCUT2D eigenvalue weighted by molar-refractivity contribution is 8.03. The van der Waals surface area contributed by atoms with Crippen LogP contribution in [0, 0.1) is 17.1 Å². The largest absolute Gasteiger partial charge is 0.353 e. The number of Topliss-reactive ketones (excluding diaryl/α,β-unsaturated/α-hetero) is 2. The van der Waals surface area contributed by atoms with Crippen molar-refractivity contribution in [3.63, 3.8) is 0 Å².